The third-order valence-electron chi connectivity index (χ3n) is 7.72. The van der Waals surface area contributed by atoms with Crippen molar-refractivity contribution in [2.75, 3.05) is 10.6 Å². The van der Waals surface area contributed by atoms with Crippen LogP contribution in [0, 0.1) is 0 Å². The summed E-state index contributed by atoms with van der Waals surface area (Å²) in [6.07, 6.45) is -0.581. The molecule has 0 spiro atoms. The van der Waals surface area contributed by atoms with Crippen molar-refractivity contribution in [1.29, 1.82) is 0 Å². The molecule has 0 saturated heterocycles. The van der Waals surface area contributed by atoms with Crippen LogP contribution in [0.5, 0.6) is 0 Å². The molecule has 0 fully saturated rings. The van der Waals surface area contributed by atoms with E-state index in [9.17, 15) is 62.0 Å². The van der Waals surface area contributed by atoms with Gasteiger partial charge in [-0.05, 0) is 97.8 Å². The first-order valence-corrected chi connectivity index (χ1v) is 21.8. The van der Waals surface area contributed by atoms with E-state index in [1.807, 2.05) is 0 Å². The van der Waals surface area contributed by atoms with Gasteiger partial charge >= 0.3 is 0 Å². The van der Waals surface area contributed by atoms with Crippen LogP contribution in [0.25, 0.3) is 0 Å². The molecule has 4 rings (SSSR count). The molecule has 312 valence electrons. The summed E-state index contributed by atoms with van der Waals surface area (Å²) in [5, 5.41) is 19.4. The molecule has 6 N–H and O–H groups in total. The first-order valence-electron chi connectivity index (χ1n) is 16.0. The second-order valence-corrected chi connectivity index (χ2v) is 17.8. The highest BCUT2D eigenvalue weighted by molar-refractivity contribution is 7.86. The maximum Gasteiger partial charge on any atom is 0.294 e. The number of benzene rings is 4. The molecular weight excluding hydrogens is 865 g/mol. The number of amides is 2. The Labute approximate surface area is 335 Å². The predicted octanol–water partition coefficient (Wildman–Crippen LogP) is 3.62. The lowest BCUT2D eigenvalue weighted by Gasteiger charge is -2.12. The van der Waals surface area contributed by atoms with E-state index in [1.165, 1.54) is 0 Å². The van der Waals surface area contributed by atoms with Gasteiger partial charge in [0.1, 0.15) is 0 Å². The Morgan fingerprint density at radius 2 is 0.831 bits per heavy atom. The fraction of sp³-hybridized carbons (Fsp3) is 0.152. The summed E-state index contributed by atoms with van der Waals surface area (Å²) in [7, 11) is -19.2. The van der Waals surface area contributed by atoms with Crippen LogP contribution in [0.3, 0.4) is 0 Å². The molecule has 2 atom stereocenters. The molecule has 0 aromatic heterocycles. The molecule has 4 aromatic rings. The monoisotopic (exact) mass is 894 g/mol. The van der Waals surface area contributed by atoms with E-state index in [1.54, 1.807) is 0 Å². The molecule has 26 heteroatoms. The number of hydrogen-bond acceptors (Lipinski definition) is 16. The molecule has 0 heterocycles. The molecule has 0 aliphatic heterocycles. The van der Waals surface area contributed by atoms with Crippen molar-refractivity contribution >= 4 is 86.6 Å². The number of carbonyl (C=O) groups excluding carboxylic acids is 4. The summed E-state index contributed by atoms with van der Waals surface area (Å²) in [5.74, 6) is -3.70. The average Bonchev–Trinajstić information content (AvgIpc) is 3.11. The van der Waals surface area contributed by atoms with E-state index in [2.05, 4.69) is 31.1 Å². The van der Waals surface area contributed by atoms with Crippen LogP contribution in [0.2, 0.25) is 0 Å². The molecule has 0 saturated carbocycles. The van der Waals surface area contributed by atoms with Crippen LogP contribution < -0.4 is 10.6 Å². The van der Waals surface area contributed by atoms with E-state index in [0.29, 0.717) is 0 Å². The van der Waals surface area contributed by atoms with Crippen LogP contribution >= 0.6 is 0 Å². The zero-order valence-corrected chi connectivity index (χ0v) is 33.3. The molecular formula is C33H30N6O16S4. The Balaban J connectivity index is 1.58. The smallest absolute Gasteiger partial charge is 0.294 e. The van der Waals surface area contributed by atoms with Crippen LogP contribution in [-0.4, -0.2) is 87.3 Å². The summed E-state index contributed by atoms with van der Waals surface area (Å²) in [5.41, 5.74) is -1.06. The van der Waals surface area contributed by atoms with Gasteiger partial charge in [-0.2, -0.15) is 54.1 Å². The van der Waals surface area contributed by atoms with E-state index in [0.717, 1.165) is 98.8 Å². The number of hydrogen-bond donors (Lipinski definition) is 6. The number of rotatable bonds is 16. The topological polar surface area (TPSA) is 359 Å². The second-order valence-electron chi connectivity index (χ2n) is 12.1. The van der Waals surface area contributed by atoms with Gasteiger partial charge in [0.15, 0.2) is 11.6 Å². The van der Waals surface area contributed by atoms with Gasteiger partial charge in [0.25, 0.3) is 52.3 Å². The third-order valence-corrected chi connectivity index (χ3v) is 11.3. The van der Waals surface area contributed by atoms with Crippen molar-refractivity contribution in [1.82, 2.24) is 0 Å². The van der Waals surface area contributed by atoms with Crippen LogP contribution in [0.4, 0.5) is 22.7 Å². The fourth-order valence-electron chi connectivity index (χ4n) is 4.92. The summed E-state index contributed by atoms with van der Waals surface area (Å²) >= 11 is 0. The first kappa shape index (κ1) is 45.7. The number of nitrogens with zero attached hydrogens (tertiary/aromatic N) is 4. The Hall–Kier alpha value is -6.00. The van der Waals surface area contributed by atoms with Gasteiger partial charge < -0.3 is 10.6 Å². The molecule has 0 radical (unpaired) electrons. The number of Topliss-reactive ketones (excluding diaryl/α,β-unsaturated/α-hetero) is 2. The number of anilines is 2. The second kappa shape index (κ2) is 17.9. The maximum absolute atomic E-state index is 12.8. The minimum atomic E-state index is -5.09. The summed E-state index contributed by atoms with van der Waals surface area (Å²) in [4.78, 5) is 47.5. The van der Waals surface area contributed by atoms with E-state index < -0.39 is 102 Å². The largest absolute Gasteiger partial charge is 0.324 e. The molecule has 0 aliphatic carbocycles. The third kappa shape index (κ3) is 12.5. The summed E-state index contributed by atoms with van der Waals surface area (Å²) in [6.45, 7) is 1.99. The van der Waals surface area contributed by atoms with Gasteiger partial charge in [-0.1, -0.05) is 12.1 Å². The Kier molecular flexibility index (Phi) is 13.8. The quantitative estimate of drug-likeness (QED) is 0.0531. The molecule has 2 unspecified atom stereocenters. The number of ketones is 2. The molecule has 0 bridgehead atoms. The van der Waals surface area contributed by atoms with E-state index >= 15 is 0 Å². The van der Waals surface area contributed by atoms with E-state index in [-0.39, 0.29) is 33.9 Å². The van der Waals surface area contributed by atoms with Gasteiger partial charge in [0.05, 0.1) is 31.0 Å². The lowest BCUT2D eigenvalue weighted by Crippen LogP contribution is -2.31. The number of carbonyl (C=O) groups is 4. The zero-order chi connectivity index (χ0) is 44.1. The van der Waals surface area contributed by atoms with Crippen LogP contribution in [-0.2, 0) is 66.1 Å². The zero-order valence-electron chi connectivity index (χ0n) is 30.1. The summed E-state index contributed by atoms with van der Waals surface area (Å²) < 4.78 is 133. The van der Waals surface area contributed by atoms with Crippen molar-refractivity contribution in [3.63, 3.8) is 0 Å². The molecule has 2 amide bonds. The predicted molar refractivity (Wildman–Crippen MR) is 203 cm³/mol. The minimum Gasteiger partial charge on any atom is -0.324 e. The van der Waals surface area contributed by atoms with Gasteiger partial charge in [0.2, 0.25) is 12.1 Å². The lowest BCUT2D eigenvalue weighted by molar-refractivity contribution is -0.127. The number of azo groups is 2. The van der Waals surface area contributed by atoms with Crippen LogP contribution in [0.1, 0.15) is 25.0 Å². The normalized spacial score (nSPS) is 13.5. The van der Waals surface area contributed by atoms with Gasteiger partial charge in [-0.25, -0.2) is 0 Å². The Morgan fingerprint density at radius 3 is 1.10 bits per heavy atom. The SMILES string of the molecule is CC(=O)C(N=Nc1ccc(Cc2ccc(N=NC(C(C)=O)C(=O)Nc3ccc(S(=O)(=O)O)cc3)cc2S(=O)(=O)O)c(S(=O)(=O)O)c1)C(=O)Nc1ccc(S(=O)(=O)O)cc1. The molecule has 4 aromatic carbocycles. The van der Waals surface area contributed by atoms with Crippen molar-refractivity contribution in [3.8, 4) is 0 Å². The highest BCUT2D eigenvalue weighted by Gasteiger charge is 2.26. The Morgan fingerprint density at radius 1 is 0.508 bits per heavy atom. The average molecular weight is 895 g/mol. The maximum atomic E-state index is 12.8. The standard InChI is InChI=1S/C33H30N6O16S4/c1-18(40)30(32(42)34-22-7-11-26(12-8-22)56(44,45)46)38-36-24-5-3-20(28(16-24)58(50,51)52)15-21-4-6-25(17-29(21)59(53,54)55)37-39-31(19(2)41)33(43)35-23-9-13-27(14-10-23)57(47,48)49/h3-14,16-17,30-31H,15H2,1-2H3,(H,34,42)(H,35,43)(H,44,45,46)(H,47,48,49)(H,50,51,52)(H,53,54,55). The highest BCUT2D eigenvalue weighted by Crippen LogP contribution is 2.30. The molecule has 59 heavy (non-hydrogen) atoms. The van der Waals surface area contributed by atoms with Gasteiger partial charge in [-0.15, -0.1) is 0 Å². The van der Waals surface area contributed by atoms with E-state index in [4.69, 9.17) is 9.11 Å². The lowest BCUT2D eigenvalue weighted by atomic mass is 10.0. The molecule has 22 nitrogen and oxygen atoms in total. The minimum absolute atomic E-state index is 0.0108. The Bertz CT molecular complexity index is 2650. The summed E-state index contributed by atoms with van der Waals surface area (Å²) in [6, 6.07) is 10.8. The van der Waals surface area contributed by atoms with Gasteiger partial charge in [-0.3, -0.25) is 37.4 Å². The molecule has 0 aliphatic rings. The van der Waals surface area contributed by atoms with Crippen molar-refractivity contribution in [3.05, 3.63) is 96.1 Å². The number of nitrogens with one attached hydrogen (secondary N) is 2. The first-order chi connectivity index (χ1) is 27.2. The van der Waals surface area contributed by atoms with Gasteiger partial charge in [0, 0.05) is 17.8 Å². The van der Waals surface area contributed by atoms with Crippen molar-refractivity contribution < 1.29 is 71.1 Å². The fourth-order valence-corrected chi connectivity index (χ4v) is 7.36. The van der Waals surface area contributed by atoms with Crippen molar-refractivity contribution in [2.45, 2.75) is 51.9 Å². The highest BCUT2D eigenvalue weighted by atomic mass is 32.2. The van der Waals surface area contributed by atoms with Crippen molar-refractivity contribution in [2.24, 2.45) is 20.5 Å². The van der Waals surface area contributed by atoms with Crippen LogP contribution in [0.15, 0.2) is 125 Å².